The van der Waals surface area contributed by atoms with E-state index < -0.39 is 0 Å². The highest BCUT2D eigenvalue weighted by Gasteiger charge is 1.98. The summed E-state index contributed by atoms with van der Waals surface area (Å²) in [6, 6.07) is 16.5. The van der Waals surface area contributed by atoms with E-state index >= 15 is 0 Å². The van der Waals surface area contributed by atoms with Crippen LogP contribution in [0.4, 0.5) is 0 Å². The maximum absolute atomic E-state index is 5.38. The van der Waals surface area contributed by atoms with Crippen LogP contribution in [0.5, 0.6) is 0 Å². The Morgan fingerprint density at radius 2 is 1.69 bits per heavy atom. The molecule has 0 aliphatic heterocycles. The highest BCUT2D eigenvalue weighted by Crippen LogP contribution is 2.28. The van der Waals surface area contributed by atoms with E-state index in [1.54, 1.807) is 11.8 Å². The molecule has 78 valence electrons. The first kappa shape index (κ1) is 10.9. The first-order valence-corrected chi connectivity index (χ1v) is 5.91. The number of aryl methyl sites for hydroxylation is 1. The maximum Gasteiger partial charge on any atom is 0.0253 e. The van der Waals surface area contributed by atoms with Gasteiger partial charge in [0.1, 0.15) is 0 Å². The zero-order valence-corrected chi connectivity index (χ0v) is 9.92. The topological polar surface area (TPSA) is 0 Å². The Morgan fingerprint density at radius 3 is 2.38 bits per heavy atom. The second kappa shape index (κ2) is 4.92. The van der Waals surface area contributed by atoms with E-state index in [4.69, 9.17) is 6.42 Å². The summed E-state index contributed by atoms with van der Waals surface area (Å²) in [5.74, 6) is 2.65. The molecule has 0 N–H and O–H groups in total. The summed E-state index contributed by atoms with van der Waals surface area (Å²) in [6.07, 6.45) is 5.38. The SMILES string of the molecule is C#Cc1cccc(Sc2cccc(C)c2)c1. The van der Waals surface area contributed by atoms with Crippen LogP contribution in [0, 0.1) is 19.3 Å². The molecule has 0 spiro atoms. The van der Waals surface area contributed by atoms with Crippen LogP contribution in [0.25, 0.3) is 0 Å². The molecule has 0 aliphatic rings. The minimum atomic E-state index is 0.928. The third kappa shape index (κ3) is 2.68. The van der Waals surface area contributed by atoms with Gasteiger partial charge in [0.15, 0.2) is 0 Å². The Morgan fingerprint density at radius 1 is 1.00 bits per heavy atom. The van der Waals surface area contributed by atoms with Crippen molar-refractivity contribution in [2.75, 3.05) is 0 Å². The van der Waals surface area contributed by atoms with Gasteiger partial charge in [-0.2, -0.15) is 0 Å². The van der Waals surface area contributed by atoms with Gasteiger partial charge in [0, 0.05) is 15.4 Å². The lowest BCUT2D eigenvalue weighted by Crippen LogP contribution is -1.78. The molecule has 2 rings (SSSR count). The minimum Gasteiger partial charge on any atom is -0.115 e. The van der Waals surface area contributed by atoms with Gasteiger partial charge >= 0.3 is 0 Å². The van der Waals surface area contributed by atoms with Gasteiger partial charge in [0.2, 0.25) is 0 Å². The summed E-state index contributed by atoms with van der Waals surface area (Å²) in [4.78, 5) is 2.43. The Hall–Kier alpha value is -1.65. The second-order valence-corrected chi connectivity index (χ2v) is 4.74. The van der Waals surface area contributed by atoms with Crippen LogP contribution in [0.1, 0.15) is 11.1 Å². The summed E-state index contributed by atoms with van der Waals surface area (Å²) >= 11 is 1.74. The maximum atomic E-state index is 5.38. The van der Waals surface area contributed by atoms with Crippen molar-refractivity contribution in [2.45, 2.75) is 16.7 Å². The standard InChI is InChI=1S/C15H12S/c1-3-13-7-5-9-15(11-13)16-14-8-4-6-12(2)10-14/h1,4-11H,2H3. The summed E-state index contributed by atoms with van der Waals surface area (Å²) in [5.41, 5.74) is 2.20. The van der Waals surface area contributed by atoms with Crippen molar-refractivity contribution in [1.82, 2.24) is 0 Å². The molecule has 2 aromatic carbocycles. The van der Waals surface area contributed by atoms with E-state index in [1.807, 2.05) is 18.2 Å². The van der Waals surface area contributed by atoms with Crippen molar-refractivity contribution in [3.05, 3.63) is 59.7 Å². The molecular weight excluding hydrogens is 212 g/mol. The Balaban J connectivity index is 2.24. The van der Waals surface area contributed by atoms with Crippen LogP contribution in [-0.4, -0.2) is 0 Å². The summed E-state index contributed by atoms with van der Waals surface area (Å²) in [5, 5.41) is 0. The fourth-order valence-electron chi connectivity index (χ4n) is 1.46. The monoisotopic (exact) mass is 224 g/mol. The molecule has 0 saturated carbocycles. The molecule has 0 saturated heterocycles. The molecular formula is C15H12S. The number of hydrogen-bond donors (Lipinski definition) is 0. The van der Waals surface area contributed by atoms with Gasteiger partial charge in [-0.25, -0.2) is 0 Å². The van der Waals surface area contributed by atoms with Gasteiger partial charge in [0.05, 0.1) is 0 Å². The summed E-state index contributed by atoms with van der Waals surface area (Å²) in [6.45, 7) is 2.10. The molecule has 0 unspecified atom stereocenters. The van der Waals surface area contributed by atoms with Gasteiger partial charge in [0.25, 0.3) is 0 Å². The summed E-state index contributed by atoms with van der Waals surface area (Å²) < 4.78 is 0. The second-order valence-electron chi connectivity index (χ2n) is 3.59. The Kier molecular flexibility index (Phi) is 3.34. The number of terminal acetylenes is 1. The van der Waals surface area contributed by atoms with Crippen LogP contribution >= 0.6 is 11.8 Å². The highest BCUT2D eigenvalue weighted by molar-refractivity contribution is 7.99. The predicted octanol–water partition coefficient (Wildman–Crippen LogP) is 4.13. The largest absolute Gasteiger partial charge is 0.115 e. The lowest BCUT2D eigenvalue weighted by atomic mass is 10.2. The fourth-order valence-corrected chi connectivity index (χ4v) is 2.46. The first-order chi connectivity index (χ1) is 7.78. The van der Waals surface area contributed by atoms with Crippen molar-refractivity contribution >= 4 is 11.8 Å². The fraction of sp³-hybridized carbons (Fsp3) is 0.0667. The number of benzene rings is 2. The van der Waals surface area contributed by atoms with Gasteiger partial charge in [-0.3, -0.25) is 0 Å². The molecule has 0 aliphatic carbocycles. The molecule has 1 heteroatoms. The van der Waals surface area contributed by atoms with Crippen LogP contribution in [-0.2, 0) is 0 Å². The van der Waals surface area contributed by atoms with Gasteiger partial charge in [-0.1, -0.05) is 41.4 Å². The molecule has 0 amide bonds. The molecule has 0 nitrogen and oxygen atoms in total. The van der Waals surface area contributed by atoms with Crippen molar-refractivity contribution in [3.63, 3.8) is 0 Å². The van der Waals surface area contributed by atoms with E-state index in [0.717, 1.165) is 5.56 Å². The average Bonchev–Trinajstić information content (AvgIpc) is 2.29. The van der Waals surface area contributed by atoms with E-state index in [0.29, 0.717) is 0 Å². The first-order valence-electron chi connectivity index (χ1n) is 5.09. The van der Waals surface area contributed by atoms with E-state index in [1.165, 1.54) is 15.4 Å². The van der Waals surface area contributed by atoms with Gasteiger partial charge in [-0.15, -0.1) is 6.42 Å². The van der Waals surface area contributed by atoms with Crippen LogP contribution in [0.15, 0.2) is 58.3 Å². The third-order valence-corrected chi connectivity index (χ3v) is 3.21. The highest BCUT2D eigenvalue weighted by atomic mass is 32.2. The summed E-state index contributed by atoms with van der Waals surface area (Å²) in [7, 11) is 0. The molecule has 2 aromatic rings. The van der Waals surface area contributed by atoms with Crippen molar-refractivity contribution < 1.29 is 0 Å². The van der Waals surface area contributed by atoms with E-state index in [-0.39, 0.29) is 0 Å². The molecule has 0 fully saturated rings. The normalized spacial score (nSPS) is 9.75. The molecule has 0 aromatic heterocycles. The van der Waals surface area contributed by atoms with Crippen molar-refractivity contribution in [1.29, 1.82) is 0 Å². The lowest BCUT2D eigenvalue weighted by Gasteiger charge is -2.03. The van der Waals surface area contributed by atoms with Gasteiger partial charge in [-0.05, 0) is 37.3 Å². The van der Waals surface area contributed by atoms with Crippen molar-refractivity contribution in [3.8, 4) is 12.3 Å². The Labute approximate surface area is 101 Å². The van der Waals surface area contributed by atoms with Crippen LogP contribution in [0.3, 0.4) is 0 Å². The quantitative estimate of drug-likeness (QED) is 0.691. The third-order valence-electron chi connectivity index (χ3n) is 2.23. The van der Waals surface area contributed by atoms with Crippen molar-refractivity contribution in [2.24, 2.45) is 0 Å². The van der Waals surface area contributed by atoms with Gasteiger partial charge < -0.3 is 0 Å². The zero-order valence-electron chi connectivity index (χ0n) is 9.10. The predicted molar refractivity (Wildman–Crippen MR) is 69.7 cm³/mol. The van der Waals surface area contributed by atoms with E-state index in [2.05, 4.69) is 43.2 Å². The minimum absolute atomic E-state index is 0.928. The average molecular weight is 224 g/mol. The number of hydrogen-bond acceptors (Lipinski definition) is 1. The van der Waals surface area contributed by atoms with Crippen LogP contribution in [0.2, 0.25) is 0 Å². The number of rotatable bonds is 2. The molecule has 0 heterocycles. The molecule has 0 bridgehead atoms. The Bertz CT molecular complexity index is 535. The molecule has 0 radical (unpaired) electrons. The smallest absolute Gasteiger partial charge is 0.0253 e. The lowest BCUT2D eigenvalue weighted by molar-refractivity contribution is 1.34. The zero-order chi connectivity index (χ0) is 11.4. The molecule has 0 atom stereocenters. The van der Waals surface area contributed by atoms with Crippen LogP contribution < -0.4 is 0 Å². The van der Waals surface area contributed by atoms with E-state index in [9.17, 15) is 0 Å². The molecule has 16 heavy (non-hydrogen) atoms.